The number of rotatable bonds is 4. The van der Waals surface area contributed by atoms with E-state index in [9.17, 15) is 9.90 Å². The van der Waals surface area contributed by atoms with Crippen LogP contribution in [0.4, 0.5) is 0 Å². The van der Waals surface area contributed by atoms with Crippen molar-refractivity contribution < 1.29 is 23.9 Å². The maximum Gasteiger partial charge on any atom is 0.360 e. The van der Waals surface area contributed by atoms with E-state index in [1.165, 1.54) is 6.20 Å². The Morgan fingerprint density at radius 1 is 1.30 bits per heavy atom. The van der Waals surface area contributed by atoms with Gasteiger partial charge in [-0.3, -0.25) is 0 Å². The number of aromatic nitrogens is 2. The van der Waals surface area contributed by atoms with Gasteiger partial charge in [-0.1, -0.05) is 5.16 Å². The number of ether oxygens (including phenoxy) is 2. The first kappa shape index (κ1) is 14.8. The zero-order valence-corrected chi connectivity index (χ0v) is 12.6. The first-order chi connectivity index (χ1) is 11.2. The molecular weight excluding hydrogens is 300 g/mol. The number of hydrogen-bond donors (Lipinski definition) is 1. The third-order valence-corrected chi connectivity index (χ3v) is 3.32. The van der Waals surface area contributed by atoms with E-state index in [2.05, 4.69) is 10.1 Å². The number of nitrogens with zero attached hydrogens (tertiary/aromatic N) is 2. The third-order valence-electron chi connectivity index (χ3n) is 3.32. The van der Waals surface area contributed by atoms with E-state index in [0.29, 0.717) is 22.4 Å². The molecule has 0 aliphatic carbocycles. The molecule has 0 unspecified atom stereocenters. The molecule has 3 rings (SSSR count). The fourth-order valence-corrected chi connectivity index (χ4v) is 2.22. The maximum absolute atomic E-state index is 11.9. The lowest BCUT2D eigenvalue weighted by Gasteiger charge is -2.05. The molecule has 0 spiro atoms. The number of methoxy groups -OCH3 is 1. The molecule has 118 valence electrons. The molecule has 0 atom stereocenters. The van der Waals surface area contributed by atoms with Gasteiger partial charge in [0.1, 0.15) is 11.4 Å². The Hall–Kier alpha value is -3.09. The first-order valence-electron chi connectivity index (χ1n) is 6.94. The number of pyridine rings is 1. The number of carbonyl (C=O) groups excluding carboxylic acids is 1. The fourth-order valence-electron chi connectivity index (χ4n) is 2.22. The topological polar surface area (TPSA) is 94.7 Å². The van der Waals surface area contributed by atoms with Crippen LogP contribution in [0.1, 0.15) is 17.4 Å². The van der Waals surface area contributed by atoms with Gasteiger partial charge in [-0.05, 0) is 31.2 Å². The molecule has 7 nitrogen and oxygen atoms in total. The van der Waals surface area contributed by atoms with Crippen molar-refractivity contribution in [1.82, 2.24) is 10.1 Å². The molecule has 0 aliphatic rings. The van der Waals surface area contributed by atoms with Crippen LogP contribution in [0.5, 0.6) is 11.5 Å². The third kappa shape index (κ3) is 2.57. The SMILES string of the molecule is CCOC(=O)c1ncc2onc(-c3ccc(OC)cc3)c2c1O. The van der Waals surface area contributed by atoms with E-state index < -0.39 is 5.97 Å². The highest BCUT2D eigenvalue weighted by Gasteiger charge is 2.22. The van der Waals surface area contributed by atoms with Gasteiger partial charge in [0, 0.05) is 5.56 Å². The van der Waals surface area contributed by atoms with Crippen molar-refractivity contribution in [2.45, 2.75) is 6.92 Å². The Morgan fingerprint density at radius 3 is 2.70 bits per heavy atom. The number of carbonyl (C=O) groups is 1. The largest absolute Gasteiger partial charge is 0.505 e. The summed E-state index contributed by atoms with van der Waals surface area (Å²) in [6.07, 6.45) is 1.33. The standard InChI is InChI=1S/C16H14N2O5/c1-3-22-16(20)14-15(19)12-11(8-17-14)23-18-13(12)9-4-6-10(21-2)7-5-9/h4-8,19H,3H2,1-2H3. The van der Waals surface area contributed by atoms with Gasteiger partial charge >= 0.3 is 5.97 Å². The Morgan fingerprint density at radius 2 is 2.04 bits per heavy atom. The average Bonchev–Trinajstić information content (AvgIpc) is 3.00. The normalized spacial score (nSPS) is 10.7. The van der Waals surface area contributed by atoms with Crippen LogP contribution in [0.15, 0.2) is 35.0 Å². The predicted octanol–water partition coefficient (Wildman–Crippen LogP) is 2.78. The second-order valence-electron chi connectivity index (χ2n) is 4.67. The lowest BCUT2D eigenvalue weighted by Crippen LogP contribution is -2.07. The van der Waals surface area contributed by atoms with Crippen molar-refractivity contribution in [3.8, 4) is 22.8 Å². The summed E-state index contributed by atoms with van der Waals surface area (Å²) < 4.78 is 15.2. The summed E-state index contributed by atoms with van der Waals surface area (Å²) in [5.74, 6) is -0.318. The summed E-state index contributed by atoms with van der Waals surface area (Å²) in [6, 6.07) is 7.08. The van der Waals surface area contributed by atoms with Crippen LogP contribution in [0.2, 0.25) is 0 Å². The molecule has 0 aliphatic heterocycles. The predicted molar refractivity (Wildman–Crippen MR) is 81.4 cm³/mol. The van der Waals surface area contributed by atoms with E-state index >= 15 is 0 Å². The summed E-state index contributed by atoms with van der Waals surface area (Å²) in [4.78, 5) is 15.7. The minimum atomic E-state index is -0.700. The average molecular weight is 314 g/mol. The van der Waals surface area contributed by atoms with Crippen LogP contribution in [-0.2, 0) is 4.74 Å². The molecule has 0 saturated heterocycles. The molecule has 23 heavy (non-hydrogen) atoms. The quantitative estimate of drug-likeness (QED) is 0.740. The number of esters is 1. The highest BCUT2D eigenvalue weighted by atomic mass is 16.5. The van der Waals surface area contributed by atoms with Gasteiger partial charge in [0.05, 0.1) is 25.3 Å². The Bertz CT molecular complexity index is 855. The van der Waals surface area contributed by atoms with Crippen LogP contribution in [0.3, 0.4) is 0 Å². The smallest absolute Gasteiger partial charge is 0.360 e. The lowest BCUT2D eigenvalue weighted by atomic mass is 10.1. The molecule has 0 fully saturated rings. The molecule has 3 aromatic rings. The summed E-state index contributed by atoms with van der Waals surface area (Å²) >= 11 is 0. The number of aromatic hydroxyl groups is 1. The van der Waals surface area contributed by atoms with Crippen LogP contribution in [-0.4, -0.2) is 34.9 Å². The van der Waals surface area contributed by atoms with Crippen LogP contribution >= 0.6 is 0 Å². The molecule has 0 bridgehead atoms. The van der Waals surface area contributed by atoms with Crippen molar-refractivity contribution in [3.63, 3.8) is 0 Å². The molecule has 1 N–H and O–H groups in total. The van der Waals surface area contributed by atoms with Gasteiger partial charge < -0.3 is 19.1 Å². The summed E-state index contributed by atoms with van der Waals surface area (Å²) in [5.41, 5.74) is 1.23. The summed E-state index contributed by atoms with van der Waals surface area (Å²) in [5, 5.41) is 14.7. The van der Waals surface area contributed by atoms with Gasteiger partial charge in [0.15, 0.2) is 17.0 Å². The minimum absolute atomic E-state index is 0.169. The van der Waals surface area contributed by atoms with Crippen molar-refractivity contribution in [2.75, 3.05) is 13.7 Å². The molecular formula is C16H14N2O5. The van der Waals surface area contributed by atoms with Gasteiger partial charge in [-0.25, -0.2) is 9.78 Å². The molecule has 0 radical (unpaired) electrons. The number of fused-ring (bicyclic) bond motifs is 1. The van der Waals surface area contributed by atoms with Gasteiger partial charge in [-0.2, -0.15) is 0 Å². The van der Waals surface area contributed by atoms with Gasteiger partial charge in [0.2, 0.25) is 0 Å². The Kier molecular flexibility index (Phi) is 3.84. The monoisotopic (exact) mass is 314 g/mol. The van der Waals surface area contributed by atoms with Gasteiger partial charge in [0.25, 0.3) is 0 Å². The highest BCUT2D eigenvalue weighted by molar-refractivity contribution is 6.02. The van der Waals surface area contributed by atoms with E-state index in [0.717, 1.165) is 0 Å². The molecule has 0 amide bonds. The van der Waals surface area contributed by atoms with E-state index in [1.54, 1.807) is 38.3 Å². The zero-order chi connectivity index (χ0) is 16.4. The first-order valence-corrected chi connectivity index (χ1v) is 6.94. The molecule has 7 heteroatoms. The maximum atomic E-state index is 11.9. The van der Waals surface area contributed by atoms with Crippen LogP contribution < -0.4 is 4.74 Å². The van der Waals surface area contributed by atoms with Crippen molar-refractivity contribution in [3.05, 3.63) is 36.2 Å². The highest BCUT2D eigenvalue weighted by Crippen LogP contribution is 2.36. The van der Waals surface area contributed by atoms with Crippen molar-refractivity contribution in [1.29, 1.82) is 0 Å². The number of benzene rings is 1. The van der Waals surface area contributed by atoms with Crippen molar-refractivity contribution in [2.24, 2.45) is 0 Å². The molecule has 2 aromatic heterocycles. The Labute approximate surface area is 131 Å². The van der Waals surface area contributed by atoms with Crippen LogP contribution in [0.25, 0.3) is 22.2 Å². The summed E-state index contributed by atoms with van der Waals surface area (Å²) in [6.45, 7) is 1.86. The van der Waals surface area contributed by atoms with E-state index in [-0.39, 0.29) is 23.6 Å². The minimum Gasteiger partial charge on any atom is -0.505 e. The molecule has 1 aromatic carbocycles. The fraction of sp³-hybridized carbons (Fsp3) is 0.188. The molecule has 0 saturated carbocycles. The lowest BCUT2D eigenvalue weighted by molar-refractivity contribution is 0.0516. The zero-order valence-electron chi connectivity index (χ0n) is 12.6. The van der Waals surface area contributed by atoms with Gasteiger partial charge in [-0.15, -0.1) is 0 Å². The van der Waals surface area contributed by atoms with E-state index in [1.807, 2.05) is 0 Å². The van der Waals surface area contributed by atoms with Crippen LogP contribution in [0, 0.1) is 0 Å². The second kappa shape index (κ2) is 5.96. The molecule has 2 heterocycles. The summed E-state index contributed by atoms with van der Waals surface area (Å²) in [7, 11) is 1.57. The second-order valence-corrected chi connectivity index (χ2v) is 4.67. The number of hydrogen-bond acceptors (Lipinski definition) is 7. The Balaban J connectivity index is 2.14. The van der Waals surface area contributed by atoms with E-state index in [4.69, 9.17) is 14.0 Å². The van der Waals surface area contributed by atoms with Crippen molar-refractivity contribution >= 4 is 16.9 Å².